The molecule has 0 aliphatic heterocycles. The standard InChI is InChI=1S/C17H20N2O2S/c1-11-5-6-12-13(10-22-14(12)9-11)15(20)19-17(16(18)21)7-3-2-4-8-17/h5-6,9-10H,2-4,7-8H2,1H3,(H2,18,21)(H,19,20). The fourth-order valence-corrected chi connectivity index (χ4v) is 4.22. The zero-order valence-corrected chi connectivity index (χ0v) is 13.5. The first-order valence-corrected chi connectivity index (χ1v) is 8.50. The van der Waals surface area contributed by atoms with Gasteiger partial charge in [-0.15, -0.1) is 11.3 Å². The fourth-order valence-electron chi connectivity index (χ4n) is 3.18. The van der Waals surface area contributed by atoms with Crippen LogP contribution in [0.3, 0.4) is 0 Å². The molecule has 4 nitrogen and oxygen atoms in total. The van der Waals surface area contributed by atoms with Gasteiger partial charge in [-0.05, 0) is 31.4 Å². The number of hydrogen-bond donors (Lipinski definition) is 2. The van der Waals surface area contributed by atoms with E-state index in [0.29, 0.717) is 18.4 Å². The van der Waals surface area contributed by atoms with E-state index in [1.165, 1.54) is 5.56 Å². The number of carbonyl (C=O) groups is 2. The highest BCUT2D eigenvalue weighted by molar-refractivity contribution is 7.17. The summed E-state index contributed by atoms with van der Waals surface area (Å²) in [4.78, 5) is 24.6. The summed E-state index contributed by atoms with van der Waals surface area (Å²) in [6.07, 6.45) is 4.20. The number of aryl methyl sites for hydroxylation is 1. The molecule has 1 aromatic carbocycles. The molecular weight excluding hydrogens is 296 g/mol. The summed E-state index contributed by atoms with van der Waals surface area (Å²) in [5.74, 6) is -0.619. The smallest absolute Gasteiger partial charge is 0.253 e. The predicted octanol–water partition coefficient (Wildman–Crippen LogP) is 3.13. The van der Waals surface area contributed by atoms with Crippen molar-refractivity contribution >= 4 is 33.2 Å². The van der Waals surface area contributed by atoms with Crippen LogP contribution in [0.5, 0.6) is 0 Å². The Bertz CT molecular complexity index is 729. The molecule has 1 aliphatic carbocycles. The third kappa shape index (κ3) is 2.61. The largest absolute Gasteiger partial charge is 0.368 e. The first-order chi connectivity index (χ1) is 10.5. The second-order valence-electron chi connectivity index (χ2n) is 6.11. The molecule has 1 fully saturated rings. The van der Waals surface area contributed by atoms with E-state index in [-0.39, 0.29) is 5.91 Å². The Morgan fingerprint density at radius 3 is 2.64 bits per heavy atom. The van der Waals surface area contributed by atoms with E-state index in [4.69, 9.17) is 5.73 Å². The molecule has 0 saturated heterocycles. The number of thiophene rings is 1. The Kier molecular flexibility index (Phi) is 3.91. The van der Waals surface area contributed by atoms with Gasteiger partial charge in [0.25, 0.3) is 5.91 Å². The molecular formula is C17H20N2O2S. The third-order valence-corrected chi connectivity index (χ3v) is 5.45. The van der Waals surface area contributed by atoms with Gasteiger partial charge in [-0.1, -0.05) is 31.4 Å². The van der Waals surface area contributed by atoms with Crippen LogP contribution in [0.1, 0.15) is 48.0 Å². The Hall–Kier alpha value is -1.88. The molecule has 2 amide bonds. The minimum absolute atomic E-state index is 0.198. The van der Waals surface area contributed by atoms with E-state index in [9.17, 15) is 9.59 Å². The third-order valence-electron chi connectivity index (χ3n) is 4.51. The number of fused-ring (bicyclic) bond motifs is 1. The topological polar surface area (TPSA) is 72.2 Å². The van der Waals surface area contributed by atoms with Crippen molar-refractivity contribution in [2.75, 3.05) is 0 Å². The number of nitrogens with two attached hydrogens (primary N) is 1. The molecule has 5 heteroatoms. The summed E-state index contributed by atoms with van der Waals surface area (Å²) in [7, 11) is 0. The Morgan fingerprint density at radius 1 is 1.23 bits per heavy atom. The molecule has 1 heterocycles. The molecule has 3 rings (SSSR count). The van der Waals surface area contributed by atoms with Gasteiger partial charge in [-0.25, -0.2) is 0 Å². The summed E-state index contributed by atoms with van der Waals surface area (Å²) >= 11 is 1.55. The molecule has 0 bridgehead atoms. The highest BCUT2D eigenvalue weighted by atomic mass is 32.1. The summed E-state index contributed by atoms with van der Waals surface area (Å²) in [6.45, 7) is 2.03. The highest BCUT2D eigenvalue weighted by Gasteiger charge is 2.39. The number of rotatable bonds is 3. The summed E-state index contributed by atoms with van der Waals surface area (Å²) in [6, 6.07) is 6.03. The molecule has 1 aliphatic rings. The van der Waals surface area contributed by atoms with Gasteiger partial charge in [0.05, 0.1) is 5.56 Å². The normalized spacial score (nSPS) is 17.3. The van der Waals surface area contributed by atoms with Gasteiger partial charge < -0.3 is 11.1 Å². The molecule has 1 aromatic heterocycles. The molecule has 2 aromatic rings. The van der Waals surface area contributed by atoms with Gasteiger partial charge in [0, 0.05) is 15.5 Å². The van der Waals surface area contributed by atoms with Crippen LogP contribution in [0, 0.1) is 6.92 Å². The predicted molar refractivity (Wildman–Crippen MR) is 89.0 cm³/mol. The second kappa shape index (κ2) is 5.72. The molecule has 0 atom stereocenters. The van der Waals surface area contributed by atoms with Crippen LogP contribution in [0.15, 0.2) is 23.6 Å². The lowest BCUT2D eigenvalue weighted by molar-refractivity contribution is -0.125. The first kappa shape index (κ1) is 15.0. The molecule has 0 unspecified atom stereocenters. The lowest BCUT2D eigenvalue weighted by Gasteiger charge is -2.35. The quantitative estimate of drug-likeness (QED) is 0.913. The van der Waals surface area contributed by atoms with Crippen molar-refractivity contribution in [3.63, 3.8) is 0 Å². The number of benzene rings is 1. The second-order valence-corrected chi connectivity index (χ2v) is 7.02. The van der Waals surface area contributed by atoms with Crippen LogP contribution >= 0.6 is 11.3 Å². The first-order valence-electron chi connectivity index (χ1n) is 7.62. The van der Waals surface area contributed by atoms with Gasteiger partial charge in [0.15, 0.2) is 0 Å². The van der Waals surface area contributed by atoms with Crippen molar-refractivity contribution in [3.8, 4) is 0 Å². The number of hydrogen-bond acceptors (Lipinski definition) is 3. The maximum Gasteiger partial charge on any atom is 0.253 e. The summed E-state index contributed by atoms with van der Waals surface area (Å²) < 4.78 is 1.09. The highest BCUT2D eigenvalue weighted by Crippen LogP contribution is 2.31. The van der Waals surface area contributed by atoms with E-state index in [2.05, 4.69) is 11.4 Å². The summed E-state index contributed by atoms with van der Waals surface area (Å²) in [5.41, 5.74) is 6.50. The lowest BCUT2D eigenvalue weighted by atomic mass is 9.81. The van der Waals surface area contributed by atoms with Crippen LogP contribution in [0.4, 0.5) is 0 Å². The molecule has 0 radical (unpaired) electrons. The van der Waals surface area contributed by atoms with Gasteiger partial charge in [-0.2, -0.15) is 0 Å². The maximum absolute atomic E-state index is 12.7. The molecule has 1 saturated carbocycles. The summed E-state index contributed by atoms with van der Waals surface area (Å²) in [5, 5.41) is 5.73. The Labute approximate surface area is 133 Å². The van der Waals surface area contributed by atoms with Crippen molar-refractivity contribution in [1.82, 2.24) is 5.32 Å². The van der Waals surface area contributed by atoms with Crippen LogP contribution in [-0.2, 0) is 4.79 Å². The number of amides is 2. The van der Waals surface area contributed by atoms with Crippen molar-refractivity contribution < 1.29 is 9.59 Å². The lowest BCUT2D eigenvalue weighted by Crippen LogP contribution is -2.58. The number of carbonyl (C=O) groups excluding carboxylic acids is 2. The minimum Gasteiger partial charge on any atom is -0.368 e. The Morgan fingerprint density at radius 2 is 1.95 bits per heavy atom. The number of nitrogens with one attached hydrogen (secondary N) is 1. The van der Waals surface area contributed by atoms with E-state index < -0.39 is 11.4 Å². The van der Waals surface area contributed by atoms with Gasteiger partial charge in [0.1, 0.15) is 5.54 Å². The van der Waals surface area contributed by atoms with Crippen molar-refractivity contribution in [2.24, 2.45) is 5.73 Å². The SMILES string of the molecule is Cc1ccc2c(C(=O)NC3(C(N)=O)CCCCC3)csc2c1. The van der Waals surface area contributed by atoms with E-state index in [0.717, 1.165) is 29.3 Å². The van der Waals surface area contributed by atoms with Crippen LogP contribution < -0.4 is 11.1 Å². The van der Waals surface area contributed by atoms with E-state index in [1.807, 2.05) is 24.4 Å². The monoisotopic (exact) mass is 316 g/mol. The Balaban J connectivity index is 1.90. The average molecular weight is 316 g/mol. The van der Waals surface area contributed by atoms with Crippen LogP contribution in [0.2, 0.25) is 0 Å². The van der Waals surface area contributed by atoms with Crippen molar-refractivity contribution in [2.45, 2.75) is 44.6 Å². The van der Waals surface area contributed by atoms with E-state index >= 15 is 0 Å². The van der Waals surface area contributed by atoms with Crippen LogP contribution in [0.25, 0.3) is 10.1 Å². The zero-order valence-electron chi connectivity index (χ0n) is 12.6. The van der Waals surface area contributed by atoms with E-state index in [1.54, 1.807) is 11.3 Å². The fraction of sp³-hybridized carbons (Fsp3) is 0.412. The van der Waals surface area contributed by atoms with Gasteiger partial charge in [0.2, 0.25) is 5.91 Å². The van der Waals surface area contributed by atoms with Gasteiger partial charge >= 0.3 is 0 Å². The van der Waals surface area contributed by atoms with Crippen LogP contribution in [-0.4, -0.2) is 17.4 Å². The minimum atomic E-state index is -0.881. The molecule has 3 N–H and O–H groups in total. The van der Waals surface area contributed by atoms with Crippen molar-refractivity contribution in [1.29, 1.82) is 0 Å². The zero-order chi connectivity index (χ0) is 15.7. The van der Waals surface area contributed by atoms with Gasteiger partial charge in [-0.3, -0.25) is 9.59 Å². The maximum atomic E-state index is 12.7. The average Bonchev–Trinajstić information content (AvgIpc) is 2.91. The number of primary amides is 1. The molecule has 0 spiro atoms. The molecule has 22 heavy (non-hydrogen) atoms. The molecule has 116 valence electrons. The van der Waals surface area contributed by atoms with Crippen molar-refractivity contribution in [3.05, 3.63) is 34.7 Å².